The first-order valence-corrected chi connectivity index (χ1v) is 7.83. The number of aryl methyl sites for hydroxylation is 1. The van der Waals surface area contributed by atoms with Gasteiger partial charge in [0.05, 0.1) is 17.2 Å². The zero-order chi connectivity index (χ0) is 15.3. The highest BCUT2D eigenvalue weighted by molar-refractivity contribution is 7.05. The van der Waals surface area contributed by atoms with Gasteiger partial charge >= 0.3 is 0 Å². The third-order valence-corrected chi connectivity index (χ3v) is 4.54. The molecule has 7 nitrogen and oxygen atoms in total. The number of carbonyl (C=O) groups excluding carboxylic acids is 1. The number of hydrogen-bond acceptors (Lipinski definition) is 7. The van der Waals surface area contributed by atoms with Crippen molar-refractivity contribution in [3.63, 3.8) is 0 Å². The quantitative estimate of drug-likeness (QED) is 0.733. The van der Waals surface area contributed by atoms with E-state index in [9.17, 15) is 9.90 Å². The average Bonchev–Trinajstić information content (AvgIpc) is 2.86. The van der Waals surface area contributed by atoms with E-state index in [2.05, 4.69) is 14.9 Å². The molecular formula is C13H22N4O3S. The van der Waals surface area contributed by atoms with Crippen LogP contribution in [0.3, 0.4) is 0 Å². The van der Waals surface area contributed by atoms with E-state index in [1.54, 1.807) is 12.0 Å². The molecule has 1 amide bonds. The second-order valence-corrected chi connectivity index (χ2v) is 6.14. The van der Waals surface area contributed by atoms with Crippen molar-refractivity contribution in [2.45, 2.75) is 31.9 Å². The second kappa shape index (κ2) is 7.26. The fraction of sp³-hybridized carbons (Fsp3) is 0.769. The van der Waals surface area contributed by atoms with E-state index in [0.29, 0.717) is 32.7 Å². The molecule has 1 aromatic heterocycles. The number of nitrogens with zero attached hydrogens (tertiary/aromatic N) is 3. The van der Waals surface area contributed by atoms with Crippen molar-refractivity contribution in [3.05, 3.63) is 10.6 Å². The minimum atomic E-state index is -1.32. The fourth-order valence-electron chi connectivity index (χ4n) is 2.44. The number of piperidine rings is 1. The van der Waals surface area contributed by atoms with Crippen molar-refractivity contribution < 1.29 is 14.6 Å². The monoisotopic (exact) mass is 314 g/mol. The summed E-state index contributed by atoms with van der Waals surface area (Å²) in [6.45, 7) is 4.40. The summed E-state index contributed by atoms with van der Waals surface area (Å²) in [4.78, 5) is 15.1. The molecule has 1 saturated heterocycles. The Bertz CT molecular complexity index is 482. The Morgan fingerprint density at radius 1 is 1.57 bits per heavy atom. The van der Waals surface area contributed by atoms with Crippen LogP contribution in [-0.2, 0) is 16.1 Å². The number of methoxy groups -OCH3 is 1. The standard InChI is InChI=1S/C13H22N4O3S/c1-10-11(21-16-15-10)8-14-9-13(19)4-3-5-17(12(13)18)6-7-20-2/h14,19H,3-9H2,1-2H3/t13-/m0/s1. The lowest BCUT2D eigenvalue weighted by molar-refractivity contribution is -0.157. The molecule has 1 aliphatic heterocycles. The van der Waals surface area contributed by atoms with Gasteiger partial charge in [-0.05, 0) is 31.3 Å². The van der Waals surface area contributed by atoms with Crippen LogP contribution in [0.15, 0.2) is 0 Å². The Morgan fingerprint density at radius 3 is 3.05 bits per heavy atom. The summed E-state index contributed by atoms with van der Waals surface area (Å²) in [5.74, 6) is -0.211. The molecular weight excluding hydrogens is 292 g/mol. The van der Waals surface area contributed by atoms with Crippen LogP contribution in [0, 0.1) is 6.92 Å². The lowest BCUT2D eigenvalue weighted by Crippen LogP contribution is -2.58. The molecule has 2 rings (SSSR count). The van der Waals surface area contributed by atoms with Crippen LogP contribution in [0.1, 0.15) is 23.4 Å². The number of carbonyl (C=O) groups is 1. The first-order valence-electron chi connectivity index (χ1n) is 7.06. The van der Waals surface area contributed by atoms with Crippen molar-refractivity contribution in [2.75, 3.05) is 33.4 Å². The Morgan fingerprint density at radius 2 is 2.38 bits per heavy atom. The Kier molecular flexibility index (Phi) is 5.63. The molecule has 2 heterocycles. The maximum Gasteiger partial charge on any atom is 0.255 e. The van der Waals surface area contributed by atoms with Crippen LogP contribution >= 0.6 is 11.5 Å². The van der Waals surface area contributed by atoms with Gasteiger partial charge in [-0.3, -0.25) is 4.79 Å². The van der Waals surface area contributed by atoms with Crippen molar-refractivity contribution in [3.8, 4) is 0 Å². The number of ether oxygens (including phenoxy) is 1. The van der Waals surface area contributed by atoms with Gasteiger partial charge in [0.25, 0.3) is 5.91 Å². The number of aliphatic hydroxyl groups is 1. The molecule has 118 valence electrons. The number of rotatable bonds is 7. The highest BCUT2D eigenvalue weighted by Crippen LogP contribution is 2.22. The molecule has 0 radical (unpaired) electrons. The number of amides is 1. The lowest BCUT2D eigenvalue weighted by Gasteiger charge is -2.38. The number of hydrogen-bond donors (Lipinski definition) is 2. The van der Waals surface area contributed by atoms with Crippen LogP contribution in [0.2, 0.25) is 0 Å². The molecule has 2 N–H and O–H groups in total. The fourth-order valence-corrected chi connectivity index (χ4v) is 3.04. The van der Waals surface area contributed by atoms with E-state index in [4.69, 9.17) is 4.74 Å². The molecule has 1 aliphatic rings. The first-order chi connectivity index (χ1) is 10.1. The normalized spacial score (nSPS) is 22.8. The molecule has 0 spiro atoms. The maximum absolute atomic E-state index is 12.4. The van der Waals surface area contributed by atoms with Crippen LogP contribution in [0.4, 0.5) is 0 Å². The second-order valence-electron chi connectivity index (χ2n) is 5.31. The topological polar surface area (TPSA) is 87.6 Å². The Balaban J connectivity index is 1.88. The molecule has 1 aromatic rings. The molecule has 0 unspecified atom stereocenters. The van der Waals surface area contributed by atoms with Crippen molar-refractivity contribution >= 4 is 17.4 Å². The molecule has 0 saturated carbocycles. The molecule has 0 bridgehead atoms. The van der Waals surface area contributed by atoms with Gasteiger partial charge in [0.2, 0.25) is 0 Å². The average molecular weight is 314 g/mol. The molecule has 1 atom stereocenters. The lowest BCUT2D eigenvalue weighted by atomic mass is 9.91. The zero-order valence-corrected chi connectivity index (χ0v) is 13.3. The van der Waals surface area contributed by atoms with Gasteiger partial charge in [0, 0.05) is 33.3 Å². The maximum atomic E-state index is 12.4. The third-order valence-electron chi connectivity index (χ3n) is 3.72. The predicted octanol–water partition coefficient (Wildman–Crippen LogP) is -0.0640. The summed E-state index contributed by atoms with van der Waals surface area (Å²) >= 11 is 1.33. The largest absolute Gasteiger partial charge is 0.383 e. The summed E-state index contributed by atoms with van der Waals surface area (Å²) in [5.41, 5.74) is -0.436. The first kappa shape index (κ1) is 16.3. The Hall–Kier alpha value is -1.09. The van der Waals surface area contributed by atoms with E-state index in [1.807, 2.05) is 6.92 Å². The molecule has 8 heteroatoms. The summed E-state index contributed by atoms with van der Waals surface area (Å²) in [6.07, 6.45) is 1.29. The summed E-state index contributed by atoms with van der Waals surface area (Å²) in [7, 11) is 1.60. The van der Waals surface area contributed by atoms with Crippen LogP contribution in [0.5, 0.6) is 0 Å². The number of nitrogens with one attached hydrogen (secondary N) is 1. The summed E-state index contributed by atoms with van der Waals surface area (Å²) in [6, 6.07) is 0. The predicted molar refractivity (Wildman–Crippen MR) is 79.0 cm³/mol. The van der Waals surface area contributed by atoms with Crippen molar-refractivity contribution in [1.82, 2.24) is 19.8 Å². The van der Waals surface area contributed by atoms with E-state index in [0.717, 1.165) is 17.0 Å². The van der Waals surface area contributed by atoms with E-state index < -0.39 is 5.60 Å². The van der Waals surface area contributed by atoms with Gasteiger partial charge in [-0.2, -0.15) is 0 Å². The van der Waals surface area contributed by atoms with E-state index >= 15 is 0 Å². The summed E-state index contributed by atoms with van der Waals surface area (Å²) < 4.78 is 8.87. The van der Waals surface area contributed by atoms with Gasteiger partial charge in [-0.1, -0.05) is 4.49 Å². The van der Waals surface area contributed by atoms with Gasteiger partial charge in [0.15, 0.2) is 5.60 Å². The van der Waals surface area contributed by atoms with Gasteiger partial charge < -0.3 is 20.1 Å². The number of likely N-dealkylation sites (tertiary alicyclic amines) is 1. The molecule has 0 aliphatic carbocycles. The summed E-state index contributed by atoms with van der Waals surface area (Å²) in [5, 5.41) is 17.7. The van der Waals surface area contributed by atoms with Crippen LogP contribution < -0.4 is 5.32 Å². The number of aromatic nitrogens is 2. The highest BCUT2D eigenvalue weighted by Gasteiger charge is 2.41. The van der Waals surface area contributed by atoms with Gasteiger partial charge in [-0.25, -0.2) is 0 Å². The van der Waals surface area contributed by atoms with E-state index in [1.165, 1.54) is 11.5 Å². The minimum absolute atomic E-state index is 0.211. The zero-order valence-electron chi connectivity index (χ0n) is 12.5. The minimum Gasteiger partial charge on any atom is -0.383 e. The van der Waals surface area contributed by atoms with Gasteiger partial charge in [-0.15, -0.1) is 5.10 Å². The van der Waals surface area contributed by atoms with Crippen molar-refractivity contribution in [2.24, 2.45) is 0 Å². The van der Waals surface area contributed by atoms with E-state index in [-0.39, 0.29) is 12.5 Å². The SMILES string of the molecule is COCCN1CCC[C@](O)(CNCc2snnc2C)C1=O. The Labute approximate surface area is 128 Å². The van der Waals surface area contributed by atoms with Gasteiger partial charge in [0.1, 0.15) is 0 Å². The van der Waals surface area contributed by atoms with Crippen LogP contribution in [-0.4, -0.2) is 64.5 Å². The van der Waals surface area contributed by atoms with Crippen LogP contribution in [0.25, 0.3) is 0 Å². The highest BCUT2D eigenvalue weighted by atomic mass is 32.1. The molecule has 1 fully saturated rings. The molecule has 21 heavy (non-hydrogen) atoms. The molecule has 0 aromatic carbocycles. The van der Waals surface area contributed by atoms with Crippen molar-refractivity contribution in [1.29, 1.82) is 0 Å². The third kappa shape index (κ3) is 3.97. The smallest absolute Gasteiger partial charge is 0.255 e.